The second-order valence-electron chi connectivity index (χ2n) is 3.02. The van der Waals surface area contributed by atoms with Gasteiger partial charge in [-0.2, -0.15) is 0 Å². The van der Waals surface area contributed by atoms with Crippen LogP contribution in [0.3, 0.4) is 0 Å². The van der Waals surface area contributed by atoms with E-state index in [4.69, 9.17) is 0 Å². The van der Waals surface area contributed by atoms with Crippen molar-refractivity contribution in [2.75, 3.05) is 6.26 Å². The van der Waals surface area contributed by atoms with Crippen LogP contribution in [0.5, 0.6) is 5.75 Å². The molecule has 0 amide bonds. The summed E-state index contributed by atoms with van der Waals surface area (Å²) in [6, 6.07) is 5.39. The molecule has 0 spiro atoms. The van der Waals surface area contributed by atoms with Crippen molar-refractivity contribution in [1.29, 1.82) is 0 Å². The molecule has 0 aliphatic rings. The lowest BCUT2D eigenvalue weighted by Crippen LogP contribution is -2.05. The molecule has 13 heavy (non-hydrogen) atoms. The Hall–Kier alpha value is -0.670. The number of hydrogen-bond acceptors (Lipinski definition) is 3. The molecule has 0 aliphatic heterocycles. The zero-order valence-corrected chi connectivity index (χ0v) is 8.64. The third kappa shape index (κ3) is 2.64. The molecule has 0 radical (unpaired) electrons. The molecule has 1 aromatic carbocycles. The standard InChI is InChI=1S/C10H14O2S/c1-7(11)6-8-4-3-5-9(12)10(8)13-2/h3-5,7,11-12H,6H2,1-2H3. The number of aliphatic hydroxyl groups excluding tert-OH is 1. The van der Waals surface area contributed by atoms with Crippen molar-refractivity contribution in [3.63, 3.8) is 0 Å². The first-order chi connectivity index (χ1) is 6.15. The molecule has 0 aromatic heterocycles. The van der Waals surface area contributed by atoms with E-state index in [0.29, 0.717) is 12.2 Å². The summed E-state index contributed by atoms with van der Waals surface area (Å²) in [5, 5.41) is 18.7. The lowest BCUT2D eigenvalue weighted by molar-refractivity contribution is 0.194. The normalized spacial score (nSPS) is 12.8. The Bertz CT molecular complexity index is 284. The van der Waals surface area contributed by atoms with Gasteiger partial charge in [0.1, 0.15) is 5.75 Å². The van der Waals surface area contributed by atoms with Crippen LogP contribution in [0.2, 0.25) is 0 Å². The quantitative estimate of drug-likeness (QED) is 0.730. The molecule has 0 saturated carbocycles. The van der Waals surface area contributed by atoms with Crippen molar-refractivity contribution in [2.45, 2.75) is 24.3 Å². The fourth-order valence-corrected chi connectivity index (χ4v) is 1.98. The van der Waals surface area contributed by atoms with Gasteiger partial charge in [-0.1, -0.05) is 12.1 Å². The van der Waals surface area contributed by atoms with Crippen molar-refractivity contribution in [2.24, 2.45) is 0 Å². The number of benzene rings is 1. The number of thioether (sulfide) groups is 1. The van der Waals surface area contributed by atoms with E-state index >= 15 is 0 Å². The van der Waals surface area contributed by atoms with Crippen LogP contribution in [0.1, 0.15) is 12.5 Å². The van der Waals surface area contributed by atoms with Crippen LogP contribution in [0, 0.1) is 0 Å². The van der Waals surface area contributed by atoms with Crippen molar-refractivity contribution in [3.8, 4) is 5.75 Å². The maximum atomic E-state index is 9.50. The molecule has 1 unspecified atom stereocenters. The SMILES string of the molecule is CSc1c(O)cccc1CC(C)O. The second-order valence-corrected chi connectivity index (χ2v) is 3.84. The molecule has 1 rings (SSSR count). The summed E-state index contributed by atoms with van der Waals surface area (Å²) < 4.78 is 0. The number of phenols is 1. The van der Waals surface area contributed by atoms with E-state index in [0.717, 1.165) is 10.5 Å². The second kappa shape index (κ2) is 4.53. The highest BCUT2D eigenvalue weighted by Gasteiger charge is 2.08. The van der Waals surface area contributed by atoms with Crippen LogP contribution in [0.15, 0.2) is 23.1 Å². The van der Waals surface area contributed by atoms with Gasteiger partial charge in [0.05, 0.1) is 11.0 Å². The highest BCUT2D eigenvalue weighted by atomic mass is 32.2. The smallest absolute Gasteiger partial charge is 0.129 e. The van der Waals surface area contributed by atoms with Gasteiger partial charge >= 0.3 is 0 Å². The fraction of sp³-hybridized carbons (Fsp3) is 0.400. The highest BCUT2D eigenvalue weighted by molar-refractivity contribution is 7.98. The molecule has 3 heteroatoms. The Morgan fingerprint density at radius 2 is 2.15 bits per heavy atom. The predicted octanol–water partition coefficient (Wildman–Crippen LogP) is 2.04. The van der Waals surface area contributed by atoms with Crippen LogP contribution in [-0.4, -0.2) is 22.6 Å². The molecule has 0 aliphatic carbocycles. The van der Waals surface area contributed by atoms with Gasteiger partial charge in [-0.25, -0.2) is 0 Å². The monoisotopic (exact) mass is 198 g/mol. The lowest BCUT2D eigenvalue weighted by atomic mass is 10.1. The van der Waals surface area contributed by atoms with E-state index in [9.17, 15) is 10.2 Å². The summed E-state index contributed by atoms with van der Waals surface area (Å²) in [5.74, 6) is 0.297. The summed E-state index contributed by atoms with van der Waals surface area (Å²) in [7, 11) is 0. The Balaban J connectivity index is 2.98. The van der Waals surface area contributed by atoms with Crippen LogP contribution in [-0.2, 0) is 6.42 Å². The maximum Gasteiger partial charge on any atom is 0.129 e. The average molecular weight is 198 g/mol. The van der Waals surface area contributed by atoms with Gasteiger partial charge in [0.15, 0.2) is 0 Å². The lowest BCUT2D eigenvalue weighted by Gasteiger charge is -2.10. The van der Waals surface area contributed by atoms with E-state index in [1.54, 1.807) is 19.1 Å². The van der Waals surface area contributed by atoms with Gasteiger partial charge in [-0.05, 0) is 31.2 Å². The van der Waals surface area contributed by atoms with E-state index in [1.165, 1.54) is 11.8 Å². The third-order valence-corrected chi connectivity index (χ3v) is 2.67. The Morgan fingerprint density at radius 3 is 2.69 bits per heavy atom. The van der Waals surface area contributed by atoms with Crippen molar-refractivity contribution in [3.05, 3.63) is 23.8 Å². The van der Waals surface area contributed by atoms with E-state index in [2.05, 4.69) is 0 Å². The molecular formula is C10H14O2S. The number of aliphatic hydroxyl groups is 1. The molecular weight excluding hydrogens is 184 g/mol. The largest absolute Gasteiger partial charge is 0.507 e. The predicted molar refractivity (Wildman–Crippen MR) is 55.3 cm³/mol. The molecule has 2 N–H and O–H groups in total. The van der Waals surface area contributed by atoms with Crippen molar-refractivity contribution in [1.82, 2.24) is 0 Å². The van der Waals surface area contributed by atoms with Crippen LogP contribution >= 0.6 is 11.8 Å². The third-order valence-electron chi connectivity index (χ3n) is 1.80. The summed E-state index contributed by atoms with van der Waals surface area (Å²) >= 11 is 1.50. The number of rotatable bonds is 3. The highest BCUT2D eigenvalue weighted by Crippen LogP contribution is 2.30. The van der Waals surface area contributed by atoms with Gasteiger partial charge in [-0.3, -0.25) is 0 Å². The molecule has 1 aromatic rings. The topological polar surface area (TPSA) is 40.5 Å². The number of aromatic hydroxyl groups is 1. The molecule has 2 nitrogen and oxygen atoms in total. The molecule has 0 fully saturated rings. The first-order valence-electron chi connectivity index (χ1n) is 4.18. The van der Waals surface area contributed by atoms with E-state index in [-0.39, 0.29) is 6.10 Å². The number of hydrogen-bond donors (Lipinski definition) is 2. The summed E-state index contributed by atoms with van der Waals surface area (Å²) in [4.78, 5) is 0.864. The Labute approximate surface area is 82.6 Å². The fourth-order valence-electron chi connectivity index (χ4n) is 1.29. The van der Waals surface area contributed by atoms with Crippen LogP contribution in [0.4, 0.5) is 0 Å². The zero-order valence-electron chi connectivity index (χ0n) is 7.82. The van der Waals surface area contributed by atoms with E-state index in [1.807, 2.05) is 12.3 Å². The molecule has 0 heterocycles. The van der Waals surface area contributed by atoms with Crippen LogP contribution in [0.25, 0.3) is 0 Å². The summed E-state index contributed by atoms with van der Waals surface area (Å²) in [6.45, 7) is 1.74. The Morgan fingerprint density at radius 1 is 1.46 bits per heavy atom. The minimum Gasteiger partial charge on any atom is -0.507 e. The molecule has 0 bridgehead atoms. The van der Waals surface area contributed by atoms with Gasteiger partial charge < -0.3 is 10.2 Å². The Kier molecular flexibility index (Phi) is 3.63. The van der Waals surface area contributed by atoms with Gasteiger partial charge in [0.2, 0.25) is 0 Å². The first-order valence-corrected chi connectivity index (χ1v) is 5.40. The first kappa shape index (κ1) is 10.4. The molecule has 0 saturated heterocycles. The number of phenolic OH excluding ortho intramolecular Hbond substituents is 1. The molecule has 1 atom stereocenters. The maximum absolute atomic E-state index is 9.50. The average Bonchev–Trinajstić information content (AvgIpc) is 2.03. The summed E-state index contributed by atoms with van der Waals surface area (Å²) in [6.07, 6.45) is 2.14. The van der Waals surface area contributed by atoms with Crippen molar-refractivity contribution < 1.29 is 10.2 Å². The molecule has 72 valence electrons. The van der Waals surface area contributed by atoms with Gasteiger partial charge in [-0.15, -0.1) is 11.8 Å². The van der Waals surface area contributed by atoms with Gasteiger partial charge in [0, 0.05) is 0 Å². The minimum atomic E-state index is -0.368. The van der Waals surface area contributed by atoms with Gasteiger partial charge in [0.25, 0.3) is 0 Å². The van der Waals surface area contributed by atoms with Crippen molar-refractivity contribution >= 4 is 11.8 Å². The minimum absolute atomic E-state index is 0.297. The van der Waals surface area contributed by atoms with E-state index < -0.39 is 0 Å². The van der Waals surface area contributed by atoms with Crippen LogP contribution < -0.4 is 0 Å². The summed E-state index contributed by atoms with van der Waals surface area (Å²) in [5.41, 5.74) is 1.00. The zero-order chi connectivity index (χ0) is 9.84.